The van der Waals surface area contributed by atoms with E-state index in [1.807, 2.05) is 12.1 Å². The fourth-order valence-electron chi connectivity index (χ4n) is 3.56. The zero-order valence-corrected chi connectivity index (χ0v) is 16.2. The Hall–Kier alpha value is -2.86. The third-order valence-electron chi connectivity index (χ3n) is 4.96. The number of nitrogens with one attached hydrogen (secondary N) is 1. The fourth-order valence-corrected chi connectivity index (χ4v) is 4.83. The number of hydrogen-bond donors (Lipinski definition) is 1. The van der Waals surface area contributed by atoms with Crippen molar-refractivity contribution in [2.75, 3.05) is 5.32 Å². The average molecular weight is 395 g/mol. The van der Waals surface area contributed by atoms with Gasteiger partial charge in [-0.2, -0.15) is 0 Å². The minimum absolute atomic E-state index is 0.103. The van der Waals surface area contributed by atoms with Crippen molar-refractivity contribution in [2.24, 2.45) is 0 Å². The molecule has 0 atom stereocenters. The number of amides is 1. The van der Waals surface area contributed by atoms with E-state index in [4.69, 9.17) is 4.42 Å². The molecule has 6 heteroatoms. The molecule has 1 aromatic heterocycles. The van der Waals surface area contributed by atoms with Gasteiger partial charge in [0.05, 0.1) is 4.90 Å². The lowest BCUT2D eigenvalue weighted by Gasteiger charge is -2.19. The number of rotatable bonds is 5. The van der Waals surface area contributed by atoms with E-state index in [1.165, 1.54) is 29.7 Å². The Bertz CT molecular complexity index is 1100. The molecule has 1 aliphatic carbocycles. The minimum Gasteiger partial charge on any atom is -0.455 e. The third-order valence-corrected chi connectivity index (χ3v) is 6.62. The predicted octanol–water partition coefficient (Wildman–Crippen LogP) is 4.38. The van der Waals surface area contributed by atoms with Gasteiger partial charge in [-0.15, -0.1) is 0 Å². The monoisotopic (exact) mass is 395 g/mol. The largest absolute Gasteiger partial charge is 0.455 e. The van der Waals surface area contributed by atoms with Crippen LogP contribution < -0.4 is 5.32 Å². The zero-order valence-electron chi connectivity index (χ0n) is 15.4. The third kappa shape index (κ3) is 3.87. The number of hydrogen-bond acceptors (Lipinski definition) is 4. The first-order valence-electron chi connectivity index (χ1n) is 9.31. The molecular weight excluding hydrogens is 374 g/mol. The van der Waals surface area contributed by atoms with Crippen molar-refractivity contribution in [2.45, 2.75) is 36.3 Å². The van der Waals surface area contributed by atoms with Gasteiger partial charge in [0.15, 0.2) is 15.6 Å². The standard InChI is InChI=1S/C22H21NO4S/c24-22(23-20-12-6-8-16-7-4-5-11-19(16)20)21-14-13-17(27-21)15-28(25,26)18-9-2-1-3-10-18/h1-3,6,8-10,12-14H,4-5,7,11,15H2,(H,23,24). The van der Waals surface area contributed by atoms with Crippen LogP contribution in [-0.2, 0) is 28.4 Å². The van der Waals surface area contributed by atoms with E-state index >= 15 is 0 Å². The Labute approximate surface area is 164 Å². The highest BCUT2D eigenvalue weighted by atomic mass is 32.2. The van der Waals surface area contributed by atoms with E-state index in [-0.39, 0.29) is 28.1 Å². The number of carbonyl (C=O) groups excluding carboxylic acids is 1. The van der Waals surface area contributed by atoms with Crippen LogP contribution >= 0.6 is 0 Å². The summed E-state index contributed by atoms with van der Waals surface area (Å²) >= 11 is 0. The molecule has 0 saturated carbocycles. The van der Waals surface area contributed by atoms with Crippen LogP contribution in [0.3, 0.4) is 0 Å². The van der Waals surface area contributed by atoms with Crippen LogP contribution in [0.5, 0.6) is 0 Å². The summed E-state index contributed by atoms with van der Waals surface area (Å²) in [6.07, 6.45) is 4.26. The predicted molar refractivity (Wildman–Crippen MR) is 107 cm³/mol. The Morgan fingerprint density at radius 3 is 2.54 bits per heavy atom. The van der Waals surface area contributed by atoms with E-state index in [1.54, 1.807) is 30.3 Å². The van der Waals surface area contributed by atoms with Gasteiger partial charge in [0.1, 0.15) is 11.5 Å². The first-order valence-corrected chi connectivity index (χ1v) is 11.0. The molecule has 1 aliphatic rings. The van der Waals surface area contributed by atoms with Crippen LogP contribution in [0, 0.1) is 0 Å². The molecule has 5 nitrogen and oxygen atoms in total. The topological polar surface area (TPSA) is 76.4 Å². The fraction of sp³-hybridized carbons (Fsp3) is 0.227. The highest BCUT2D eigenvalue weighted by Gasteiger charge is 2.20. The molecule has 144 valence electrons. The van der Waals surface area contributed by atoms with Gasteiger partial charge in [-0.25, -0.2) is 8.42 Å². The van der Waals surface area contributed by atoms with Crippen molar-refractivity contribution < 1.29 is 17.6 Å². The Kier molecular flexibility index (Phi) is 5.05. The average Bonchev–Trinajstić information content (AvgIpc) is 3.17. The van der Waals surface area contributed by atoms with Crippen molar-refractivity contribution in [3.8, 4) is 0 Å². The summed E-state index contributed by atoms with van der Waals surface area (Å²) in [6, 6.07) is 17.2. The molecule has 1 heterocycles. The van der Waals surface area contributed by atoms with E-state index in [0.29, 0.717) is 0 Å². The molecule has 28 heavy (non-hydrogen) atoms. The number of fused-ring (bicyclic) bond motifs is 1. The molecule has 0 spiro atoms. The van der Waals surface area contributed by atoms with Crippen LogP contribution in [0.25, 0.3) is 0 Å². The number of carbonyl (C=O) groups is 1. The molecular formula is C22H21NO4S. The second kappa shape index (κ2) is 7.64. The second-order valence-corrected chi connectivity index (χ2v) is 8.93. The second-order valence-electron chi connectivity index (χ2n) is 6.94. The number of aryl methyl sites for hydroxylation is 1. The molecule has 0 unspecified atom stereocenters. The highest BCUT2D eigenvalue weighted by Crippen LogP contribution is 2.28. The summed E-state index contributed by atoms with van der Waals surface area (Å²) in [5.74, 6) is -0.316. The van der Waals surface area contributed by atoms with E-state index in [0.717, 1.165) is 24.9 Å². The Morgan fingerprint density at radius 2 is 1.71 bits per heavy atom. The lowest BCUT2D eigenvalue weighted by Crippen LogP contribution is -2.15. The van der Waals surface area contributed by atoms with Crippen LogP contribution in [-0.4, -0.2) is 14.3 Å². The first kappa shape index (κ1) is 18.5. The number of anilines is 1. The van der Waals surface area contributed by atoms with Gasteiger partial charge in [-0.1, -0.05) is 30.3 Å². The molecule has 4 rings (SSSR count). The van der Waals surface area contributed by atoms with E-state index in [9.17, 15) is 13.2 Å². The van der Waals surface area contributed by atoms with Crippen molar-refractivity contribution in [1.82, 2.24) is 0 Å². The molecule has 0 aliphatic heterocycles. The van der Waals surface area contributed by atoms with E-state index in [2.05, 4.69) is 11.4 Å². The first-order chi connectivity index (χ1) is 13.5. The summed E-state index contributed by atoms with van der Waals surface area (Å²) in [5, 5.41) is 2.91. The van der Waals surface area contributed by atoms with Crippen molar-refractivity contribution in [3.63, 3.8) is 0 Å². The number of furan rings is 1. The summed E-state index contributed by atoms with van der Waals surface area (Å²) in [4.78, 5) is 12.8. The summed E-state index contributed by atoms with van der Waals surface area (Å²) < 4.78 is 30.5. The van der Waals surface area contributed by atoms with Crippen LogP contribution in [0.4, 0.5) is 5.69 Å². The van der Waals surface area contributed by atoms with Gasteiger partial charge < -0.3 is 9.73 Å². The number of sulfone groups is 1. The van der Waals surface area contributed by atoms with Crippen LogP contribution in [0.15, 0.2) is 70.0 Å². The molecule has 1 amide bonds. The summed E-state index contributed by atoms with van der Waals surface area (Å²) in [7, 11) is -3.52. The molecule has 2 aromatic carbocycles. The lowest BCUT2D eigenvalue weighted by atomic mass is 9.90. The van der Waals surface area contributed by atoms with E-state index < -0.39 is 9.84 Å². The quantitative estimate of drug-likeness (QED) is 0.695. The number of benzene rings is 2. The molecule has 0 fully saturated rings. The van der Waals surface area contributed by atoms with Crippen LogP contribution in [0.2, 0.25) is 0 Å². The maximum Gasteiger partial charge on any atom is 0.291 e. The summed E-state index contributed by atoms with van der Waals surface area (Å²) in [6.45, 7) is 0. The minimum atomic E-state index is -3.52. The van der Waals surface area contributed by atoms with Crippen molar-refractivity contribution >= 4 is 21.4 Å². The van der Waals surface area contributed by atoms with Crippen molar-refractivity contribution in [3.05, 3.63) is 83.3 Å². The highest BCUT2D eigenvalue weighted by molar-refractivity contribution is 7.90. The zero-order chi connectivity index (χ0) is 19.6. The smallest absolute Gasteiger partial charge is 0.291 e. The maximum absolute atomic E-state index is 12.6. The van der Waals surface area contributed by atoms with Gasteiger partial charge in [0.2, 0.25) is 0 Å². The Morgan fingerprint density at radius 1 is 0.929 bits per heavy atom. The van der Waals surface area contributed by atoms with Gasteiger partial charge in [0, 0.05) is 5.69 Å². The molecule has 1 N–H and O–H groups in total. The van der Waals surface area contributed by atoms with Gasteiger partial charge in [-0.05, 0) is 67.1 Å². The molecule has 0 bridgehead atoms. The maximum atomic E-state index is 12.6. The summed E-state index contributed by atoms with van der Waals surface area (Å²) in [5.41, 5.74) is 3.26. The van der Waals surface area contributed by atoms with Gasteiger partial charge in [0.25, 0.3) is 5.91 Å². The molecule has 0 radical (unpaired) electrons. The van der Waals surface area contributed by atoms with Gasteiger partial charge in [-0.3, -0.25) is 4.79 Å². The van der Waals surface area contributed by atoms with Crippen LogP contribution in [0.1, 0.15) is 40.3 Å². The Balaban J connectivity index is 1.50. The van der Waals surface area contributed by atoms with Gasteiger partial charge >= 0.3 is 0 Å². The normalized spacial score (nSPS) is 13.7. The molecule has 3 aromatic rings. The molecule has 0 saturated heterocycles. The van der Waals surface area contributed by atoms with Crippen molar-refractivity contribution in [1.29, 1.82) is 0 Å². The lowest BCUT2D eigenvalue weighted by molar-refractivity contribution is 0.0995. The SMILES string of the molecule is O=C(Nc1cccc2c1CCCC2)c1ccc(CS(=O)(=O)c2ccccc2)o1.